The van der Waals surface area contributed by atoms with E-state index in [1.807, 2.05) is 49.1 Å². The Morgan fingerprint density at radius 1 is 1.15 bits per heavy atom. The van der Waals surface area contributed by atoms with Crippen LogP contribution in [0, 0.1) is 18.3 Å². The fourth-order valence-electron chi connectivity index (χ4n) is 5.96. The average molecular weight is 552 g/mol. The number of amides is 2. The van der Waals surface area contributed by atoms with E-state index in [0.717, 1.165) is 42.4 Å². The van der Waals surface area contributed by atoms with Crippen LogP contribution < -0.4 is 5.32 Å². The molecule has 8 heteroatoms. The molecule has 0 radical (unpaired) electrons. The first-order valence-corrected chi connectivity index (χ1v) is 14.0. The van der Waals surface area contributed by atoms with Crippen molar-refractivity contribution in [2.45, 2.75) is 78.4 Å². The van der Waals surface area contributed by atoms with E-state index in [2.05, 4.69) is 26.1 Å². The van der Waals surface area contributed by atoms with E-state index in [1.54, 1.807) is 12.1 Å². The number of nitrogens with zero attached hydrogens (tertiary/aromatic N) is 2. The molecule has 1 aliphatic heterocycles. The summed E-state index contributed by atoms with van der Waals surface area (Å²) in [5.41, 5.74) is 3.08. The Balaban J connectivity index is 1.63. The summed E-state index contributed by atoms with van der Waals surface area (Å²) < 4.78 is 0. The second-order valence-corrected chi connectivity index (χ2v) is 12.4. The molecule has 2 amide bonds. The second kappa shape index (κ2) is 11.1. The molecule has 208 valence electrons. The first kappa shape index (κ1) is 28.8. The molecule has 0 aromatic heterocycles. The predicted octanol–water partition coefficient (Wildman–Crippen LogP) is 6.18. The van der Waals surface area contributed by atoms with Crippen LogP contribution in [0.25, 0.3) is 0 Å². The number of benzene rings is 2. The van der Waals surface area contributed by atoms with Gasteiger partial charge in [-0.15, -0.1) is 0 Å². The molecule has 1 aliphatic carbocycles. The van der Waals surface area contributed by atoms with Crippen molar-refractivity contribution in [2.75, 3.05) is 6.54 Å². The molecule has 39 heavy (non-hydrogen) atoms. The quantitative estimate of drug-likeness (QED) is 0.429. The lowest BCUT2D eigenvalue weighted by Gasteiger charge is -2.46. The smallest absolute Gasteiger partial charge is 0.305 e. The number of carboxylic acids is 1. The van der Waals surface area contributed by atoms with Crippen LogP contribution in [-0.2, 0) is 9.59 Å². The molecular weight excluding hydrogens is 514 g/mol. The van der Waals surface area contributed by atoms with Crippen LogP contribution in [0.15, 0.2) is 47.5 Å². The summed E-state index contributed by atoms with van der Waals surface area (Å²) in [5.74, 6) is -0.836. The third-order valence-corrected chi connectivity index (χ3v) is 8.40. The summed E-state index contributed by atoms with van der Waals surface area (Å²) in [7, 11) is 0. The summed E-state index contributed by atoms with van der Waals surface area (Å²) in [6, 6.07) is 12.5. The third-order valence-electron chi connectivity index (χ3n) is 8.18. The highest BCUT2D eigenvalue weighted by Crippen LogP contribution is 2.49. The molecule has 1 spiro atoms. The first-order chi connectivity index (χ1) is 18.3. The Kier molecular flexibility index (Phi) is 8.22. The zero-order valence-electron chi connectivity index (χ0n) is 23.4. The van der Waals surface area contributed by atoms with Crippen molar-refractivity contribution < 1.29 is 19.5 Å². The molecule has 1 atom stereocenters. The highest BCUT2D eigenvalue weighted by molar-refractivity contribution is 6.47. The Morgan fingerprint density at radius 3 is 2.36 bits per heavy atom. The molecule has 0 bridgehead atoms. The largest absolute Gasteiger partial charge is 0.481 e. The van der Waals surface area contributed by atoms with Gasteiger partial charge in [-0.3, -0.25) is 19.4 Å². The topological polar surface area (TPSA) is 99.1 Å². The maximum absolute atomic E-state index is 14.1. The van der Waals surface area contributed by atoms with E-state index in [-0.39, 0.29) is 36.2 Å². The van der Waals surface area contributed by atoms with E-state index in [9.17, 15) is 14.4 Å². The standard InChI is InChI=1S/C31H38ClN3O4/c1-19-16-23(18-25(32)17-19)27-29(39)35(31(34-27)13-10-24(11-14-31)30(3,4)5)20(2)21-6-8-22(9-7-21)28(38)33-15-12-26(36)37/h6-9,16-18,20,24H,10-15H2,1-5H3,(H,33,38)(H,36,37)/t20-,24?,31?/m1/s1. The lowest BCUT2D eigenvalue weighted by Crippen LogP contribution is -2.50. The molecule has 1 fully saturated rings. The van der Waals surface area contributed by atoms with Crippen LogP contribution in [0.1, 0.15) is 92.9 Å². The summed E-state index contributed by atoms with van der Waals surface area (Å²) >= 11 is 6.36. The van der Waals surface area contributed by atoms with Crippen LogP contribution in [0.3, 0.4) is 0 Å². The van der Waals surface area contributed by atoms with Gasteiger partial charge in [-0.1, -0.05) is 44.5 Å². The van der Waals surface area contributed by atoms with Gasteiger partial charge in [0.05, 0.1) is 12.5 Å². The van der Waals surface area contributed by atoms with Gasteiger partial charge >= 0.3 is 5.97 Å². The van der Waals surface area contributed by atoms with E-state index in [4.69, 9.17) is 21.7 Å². The van der Waals surface area contributed by atoms with Crippen molar-refractivity contribution in [2.24, 2.45) is 16.3 Å². The van der Waals surface area contributed by atoms with Crippen molar-refractivity contribution in [1.29, 1.82) is 0 Å². The molecule has 2 aliphatic rings. The maximum Gasteiger partial charge on any atom is 0.305 e. The van der Waals surface area contributed by atoms with Gasteiger partial charge in [-0.25, -0.2) is 0 Å². The number of carbonyl (C=O) groups is 3. The Hall–Kier alpha value is -3.19. The Bertz CT molecular complexity index is 1270. The number of aliphatic carboxylic acids is 1. The van der Waals surface area contributed by atoms with E-state index >= 15 is 0 Å². The minimum absolute atomic E-state index is 0.0653. The normalized spacial score (nSPS) is 22.1. The fourth-order valence-corrected chi connectivity index (χ4v) is 6.25. The van der Waals surface area contributed by atoms with Crippen molar-refractivity contribution >= 4 is 35.1 Å². The summed E-state index contributed by atoms with van der Waals surface area (Å²) in [4.78, 5) is 44.4. The Morgan fingerprint density at radius 2 is 1.79 bits per heavy atom. The lowest BCUT2D eigenvalue weighted by molar-refractivity contribution is -0.137. The summed E-state index contributed by atoms with van der Waals surface area (Å²) in [5, 5.41) is 12.0. The van der Waals surface area contributed by atoms with Gasteiger partial charge in [0.2, 0.25) is 0 Å². The minimum Gasteiger partial charge on any atom is -0.481 e. The van der Waals surface area contributed by atoms with Gasteiger partial charge in [-0.05, 0) is 92.3 Å². The predicted molar refractivity (Wildman–Crippen MR) is 153 cm³/mol. The highest BCUT2D eigenvalue weighted by atomic mass is 35.5. The fraction of sp³-hybridized carbons (Fsp3) is 0.484. The molecule has 2 aromatic carbocycles. The molecule has 0 unspecified atom stereocenters. The number of halogens is 1. The lowest BCUT2D eigenvalue weighted by atomic mass is 9.69. The van der Waals surface area contributed by atoms with Crippen molar-refractivity contribution in [1.82, 2.24) is 10.2 Å². The van der Waals surface area contributed by atoms with E-state index < -0.39 is 11.6 Å². The van der Waals surface area contributed by atoms with E-state index in [0.29, 0.717) is 22.2 Å². The van der Waals surface area contributed by atoms with Crippen LogP contribution in [0.5, 0.6) is 0 Å². The van der Waals surface area contributed by atoms with Crippen LogP contribution in [0.4, 0.5) is 0 Å². The maximum atomic E-state index is 14.1. The number of carboxylic acid groups (broad SMARTS) is 1. The highest BCUT2D eigenvalue weighted by Gasteiger charge is 2.52. The zero-order valence-corrected chi connectivity index (χ0v) is 24.1. The van der Waals surface area contributed by atoms with Gasteiger partial charge in [-0.2, -0.15) is 0 Å². The molecule has 1 saturated carbocycles. The van der Waals surface area contributed by atoms with Gasteiger partial charge < -0.3 is 15.3 Å². The minimum atomic E-state index is -0.963. The average Bonchev–Trinajstić information content (AvgIpc) is 3.13. The van der Waals surface area contributed by atoms with Crippen molar-refractivity contribution in [3.8, 4) is 0 Å². The van der Waals surface area contributed by atoms with E-state index in [1.165, 1.54) is 0 Å². The molecule has 7 nitrogen and oxygen atoms in total. The molecule has 4 rings (SSSR count). The van der Waals surface area contributed by atoms with Gasteiger partial charge in [0.15, 0.2) is 0 Å². The summed E-state index contributed by atoms with van der Waals surface area (Å²) in [6.45, 7) is 10.9. The molecule has 0 saturated heterocycles. The zero-order chi connectivity index (χ0) is 28.5. The Labute approximate surface area is 235 Å². The number of aliphatic imine (C=N–C) groups is 1. The van der Waals surface area contributed by atoms with Gasteiger partial charge in [0.25, 0.3) is 11.8 Å². The number of nitrogens with one attached hydrogen (secondary N) is 1. The van der Waals surface area contributed by atoms with Crippen molar-refractivity contribution in [3.63, 3.8) is 0 Å². The van der Waals surface area contributed by atoms with Crippen molar-refractivity contribution in [3.05, 3.63) is 69.7 Å². The van der Waals surface area contributed by atoms with Crippen LogP contribution in [0.2, 0.25) is 5.02 Å². The molecule has 2 N–H and O–H groups in total. The summed E-state index contributed by atoms with van der Waals surface area (Å²) in [6.07, 6.45) is 3.42. The molecular formula is C31H38ClN3O4. The number of hydrogen-bond donors (Lipinski definition) is 2. The molecule has 1 heterocycles. The van der Waals surface area contributed by atoms with Crippen LogP contribution in [-0.4, -0.2) is 45.7 Å². The van der Waals surface area contributed by atoms with Gasteiger partial charge in [0, 0.05) is 22.7 Å². The van der Waals surface area contributed by atoms with Crippen LogP contribution >= 0.6 is 11.6 Å². The number of rotatable bonds is 7. The first-order valence-electron chi connectivity index (χ1n) is 13.6. The number of aryl methyl sites for hydroxylation is 1. The monoisotopic (exact) mass is 551 g/mol. The number of carbonyl (C=O) groups excluding carboxylic acids is 2. The number of hydrogen-bond acceptors (Lipinski definition) is 4. The second-order valence-electron chi connectivity index (χ2n) is 12.0. The SMILES string of the molecule is Cc1cc(Cl)cc(C2=NC3(CCC(C(C)(C)C)CC3)N([C@H](C)c3ccc(C(=O)NCCC(=O)O)cc3)C2=O)c1. The molecule has 2 aromatic rings. The van der Waals surface area contributed by atoms with Gasteiger partial charge in [0.1, 0.15) is 11.4 Å². The third kappa shape index (κ3) is 6.19.